The van der Waals surface area contributed by atoms with Crippen LogP contribution in [0.3, 0.4) is 0 Å². The van der Waals surface area contributed by atoms with Crippen LogP contribution in [0.4, 0.5) is 0 Å². The van der Waals surface area contributed by atoms with Crippen LogP contribution in [-0.2, 0) is 14.3 Å². The van der Waals surface area contributed by atoms with Crippen molar-refractivity contribution in [1.82, 2.24) is 10.3 Å². The summed E-state index contributed by atoms with van der Waals surface area (Å²) in [7, 11) is 0. The lowest BCUT2D eigenvalue weighted by molar-refractivity contribution is -0.153. The third-order valence-electron chi connectivity index (χ3n) is 3.96. The molecule has 0 aromatic carbocycles. The summed E-state index contributed by atoms with van der Waals surface area (Å²) in [6, 6.07) is 0. The molecule has 7 nitrogen and oxygen atoms in total. The van der Waals surface area contributed by atoms with Gasteiger partial charge in [0, 0.05) is 17.8 Å². The molecule has 0 spiro atoms. The molecular formula is C11H10N2O5. The minimum atomic E-state index is -0.773. The van der Waals surface area contributed by atoms with Crippen molar-refractivity contribution < 1.29 is 23.7 Å². The summed E-state index contributed by atoms with van der Waals surface area (Å²) in [5.74, 6) is -0.990. The molecule has 1 aromatic heterocycles. The Kier molecular flexibility index (Phi) is 1.86. The van der Waals surface area contributed by atoms with E-state index < -0.39 is 6.29 Å². The summed E-state index contributed by atoms with van der Waals surface area (Å²) in [4.78, 5) is 24.2. The van der Waals surface area contributed by atoms with E-state index in [2.05, 4.69) is 14.9 Å². The molecule has 18 heavy (non-hydrogen) atoms. The Bertz CT molecular complexity index is 553. The first-order valence-electron chi connectivity index (χ1n) is 5.82. The van der Waals surface area contributed by atoms with E-state index in [9.17, 15) is 9.59 Å². The number of rotatable bonds is 2. The van der Waals surface area contributed by atoms with Gasteiger partial charge in [-0.3, -0.25) is 9.59 Å². The fraction of sp³-hybridized carbons (Fsp3) is 0.636. The highest BCUT2D eigenvalue weighted by Gasteiger charge is 2.69. The van der Waals surface area contributed by atoms with Crippen molar-refractivity contribution in [2.75, 3.05) is 6.61 Å². The highest BCUT2D eigenvalue weighted by molar-refractivity contribution is 6.05. The Labute approximate surface area is 101 Å². The van der Waals surface area contributed by atoms with Crippen LogP contribution in [0.15, 0.2) is 4.63 Å². The van der Waals surface area contributed by atoms with E-state index in [1.165, 1.54) is 0 Å². The summed E-state index contributed by atoms with van der Waals surface area (Å²) < 4.78 is 15.1. The molecule has 0 unspecified atom stereocenters. The molecule has 7 heteroatoms. The third-order valence-corrected chi connectivity index (χ3v) is 3.96. The maximum absolute atomic E-state index is 12.3. The van der Waals surface area contributed by atoms with Gasteiger partial charge < -0.3 is 9.47 Å². The number of aromatic nitrogens is 2. The SMILES string of the molecule is Cc1nonc1C(=O)[C@H]1[C@@H]2C(=O)[C@@H]3OC[C@@H](O3)[C@@H]12. The van der Waals surface area contributed by atoms with Crippen LogP contribution in [0.1, 0.15) is 16.2 Å². The smallest absolute Gasteiger partial charge is 0.218 e. The monoisotopic (exact) mass is 250 g/mol. The van der Waals surface area contributed by atoms with Gasteiger partial charge >= 0.3 is 0 Å². The van der Waals surface area contributed by atoms with E-state index in [1.807, 2.05) is 0 Å². The lowest BCUT2D eigenvalue weighted by Crippen LogP contribution is -2.30. The minimum Gasteiger partial charge on any atom is -0.343 e. The number of carbonyl (C=O) groups is 2. The van der Waals surface area contributed by atoms with Crippen molar-refractivity contribution in [3.05, 3.63) is 11.4 Å². The number of hydrogen-bond donors (Lipinski definition) is 0. The standard InChI is InChI=1S/C11H10N2O5/c1-3-8(13-18-12-3)9(14)6-5-4-2-16-11(17-4)10(15)7(5)6/h4-7,11H,2H2,1H3/t4-,5+,6-,7-,11-/m1/s1. The van der Waals surface area contributed by atoms with Crippen LogP contribution < -0.4 is 0 Å². The highest BCUT2D eigenvalue weighted by Crippen LogP contribution is 2.57. The maximum Gasteiger partial charge on any atom is 0.218 e. The first-order valence-corrected chi connectivity index (χ1v) is 5.82. The summed E-state index contributed by atoms with van der Waals surface area (Å²) in [6.07, 6.45) is -0.919. The number of nitrogens with zero attached hydrogens (tertiary/aromatic N) is 2. The fourth-order valence-electron chi connectivity index (χ4n) is 3.04. The molecule has 2 bridgehead atoms. The molecule has 1 saturated carbocycles. The van der Waals surface area contributed by atoms with Gasteiger partial charge in [-0.05, 0) is 12.1 Å². The maximum atomic E-state index is 12.3. The Morgan fingerprint density at radius 1 is 1.39 bits per heavy atom. The molecule has 94 valence electrons. The minimum absolute atomic E-state index is 0.0696. The van der Waals surface area contributed by atoms with Gasteiger partial charge in [-0.25, -0.2) is 4.63 Å². The van der Waals surface area contributed by atoms with Gasteiger partial charge in [0.2, 0.25) is 6.29 Å². The van der Waals surface area contributed by atoms with E-state index in [4.69, 9.17) is 9.47 Å². The molecule has 0 N–H and O–H groups in total. The number of carbonyl (C=O) groups excluding carboxylic acids is 2. The summed E-state index contributed by atoms with van der Waals surface area (Å²) in [5, 5.41) is 7.19. The number of ketones is 2. The molecule has 1 aliphatic carbocycles. The second kappa shape index (κ2) is 3.24. The van der Waals surface area contributed by atoms with Gasteiger partial charge in [-0.2, -0.15) is 0 Å². The van der Waals surface area contributed by atoms with Gasteiger partial charge in [0.25, 0.3) is 0 Å². The van der Waals surface area contributed by atoms with Crippen LogP contribution in [0.2, 0.25) is 0 Å². The molecule has 2 saturated heterocycles. The Balaban J connectivity index is 1.64. The van der Waals surface area contributed by atoms with E-state index in [0.29, 0.717) is 12.3 Å². The van der Waals surface area contributed by atoms with Crippen molar-refractivity contribution in [2.45, 2.75) is 19.3 Å². The molecule has 0 radical (unpaired) electrons. The topological polar surface area (TPSA) is 91.5 Å². The van der Waals surface area contributed by atoms with E-state index in [0.717, 1.165) is 0 Å². The normalized spacial score (nSPS) is 40.7. The van der Waals surface area contributed by atoms with Crippen molar-refractivity contribution >= 4 is 11.6 Å². The van der Waals surface area contributed by atoms with Gasteiger partial charge in [0.15, 0.2) is 17.3 Å². The van der Waals surface area contributed by atoms with Crippen LogP contribution in [-0.4, -0.2) is 40.9 Å². The predicted molar refractivity (Wildman–Crippen MR) is 53.5 cm³/mol. The van der Waals surface area contributed by atoms with E-state index in [1.54, 1.807) is 6.92 Å². The largest absolute Gasteiger partial charge is 0.343 e. The van der Waals surface area contributed by atoms with Crippen molar-refractivity contribution in [1.29, 1.82) is 0 Å². The molecule has 3 heterocycles. The fourth-order valence-corrected chi connectivity index (χ4v) is 3.04. The predicted octanol–water partition coefficient (Wildman–Crippen LogP) is -0.253. The number of Topliss-reactive ketones (excluding diaryl/α,β-unsaturated/α-hetero) is 2. The Morgan fingerprint density at radius 2 is 2.22 bits per heavy atom. The zero-order valence-electron chi connectivity index (χ0n) is 9.53. The van der Waals surface area contributed by atoms with Gasteiger partial charge in [0.05, 0.1) is 12.7 Å². The molecule has 5 atom stereocenters. The third kappa shape index (κ3) is 1.15. The second-order valence-electron chi connectivity index (χ2n) is 4.93. The zero-order valence-corrected chi connectivity index (χ0v) is 9.53. The first kappa shape index (κ1) is 10.3. The Morgan fingerprint density at radius 3 is 2.94 bits per heavy atom. The first-order chi connectivity index (χ1) is 8.68. The molecular weight excluding hydrogens is 240 g/mol. The van der Waals surface area contributed by atoms with Crippen LogP contribution in [0, 0.1) is 24.7 Å². The van der Waals surface area contributed by atoms with E-state index in [-0.39, 0.29) is 41.1 Å². The van der Waals surface area contributed by atoms with Crippen molar-refractivity contribution in [2.24, 2.45) is 17.8 Å². The van der Waals surface area contributed by atoms with E-state index >= 15 is 0 Å². The van der Waals surface area contributed by atoms with Gasteiger partial charge in [-0.1, -0.05) is 5.16 Å². The van der Waals surface area contributed by atoms with Crippen LogP contribution >= 0.6 is 0 Å². The van der Waals surface area contributed by atoms with Crippen molar-refractivity contribution in [3.8, 4) is 0 Å². The molecule has 2 aliphatic heterocycles. The average Bonchev–Trinajstić information content (AvgIpc) is 2.74. The zero-order chi connectivity index (χ0) is 12.4. The highest BCUT2D eigenvalue weighted by atomic mass is 16.7. The quantitative estimate of drug-likeness (QED) is 0.668. The number of hydrogen-bond acceptors (Lipinski definition) is 7. The molecule has 3 aliphatic rings. The summed E-state index contributed by atoms with van der Waals surface area (Å²) in [6.45, 7) is 2.04. The van der Waals surface area contributed by atoms with Crippen LogP contribution in [0.25, 0.3) is 0 Å². The number of fused-ring (bicyclic) bond motifs is 4. The average molecular weight is 250 g/mol. The molecule has 3 fully saturated rings. The Hall–Kier alpha value is -1.60. The second-order valence-corrected chi connectivity index (χ2v) is 4.93. The number of aryl methyl sites for hydroxylation is 1. The van der Waals surface area contributed by atoms with Crippen molar-refractivity contribution in [3.63, 3.8) is 0 Å². The van der Waals surface area contributed by atoms with Gasteiger partial charge in [0.1, 0.15) is 5.69 Å². The summed E-state index contributed by atoms with van der Waals surface area (Å²) >= 11 is 0. The molecule has 1 aromatic rings. The molecule has 0 amide bonds. The number of ether oxygens (including phenoxy) is 2. The van der Waals surface area contributed by atoms with Crippen LogP contribution in [0.5, 0.6) is 0 Å². The van der Waals surface area contributed by atoms with Gasteiger partial charge in [-0.15, -0.1) is 0 Å². The summed E-state index contributed by atoms with van der Waals surface area (Å²) in [5.41, 5.74) is 0.678. The lowest BCUT2D eigenvalue weighted by atomic mass is 10.1. The lowest BCUT2D eigenvalue weighted by Gasteiger charge is -2.14. The molecule has 4 rings (SSSR count).